The van der Waals surface area contributed by atoms with Crippen molar-refractivity contribution in [2.75, 3.05) is 0 Å². The number of halogens is 2. The Bertz CT molecular complexity index is 1140. The van der Waals surface area contributed by atoms with Crippen molar-refractivity contribution in [2.24, 2.45) is 0 Å². The van der Waals surface area contributed by atoms with Gasteiger partial charge in [0.15, 0.2) is 0 Å². The lowest BCUT2D eigenvalue weighted by Gasteiger charge is -2.06. The van der Waals surface area contributed by atoms with E-state index in [0.717, 1.165) is 21.1 Å². The van der Waals surface area contributed by atoms with Crippen LogP contribution in [0.5, 0.6) is 0 Å². The molecule has 0 aliphatic rings. The third-order valence-corrected chi connectivity index (χ3v) is 5.37. The number of thioether (sulfide) groups is 1. The van der Waals surface area contributed by atoms with Crippen molar-refractivity contribution in [3.8, 4) is 5.69 Å². The van der Waals surface area contributed by atoms with Crippen molar-refractivity contribution in [1.82, 2.24) is 20.2 Å². The summed E-state index contributed by atoms with van der Waals surface area (Å²) in [7, 11) is 0. The molecular formula is C17H10BrClN4O2S. The van der Waals surface area contributed by atoms with Gasteiger partial charge in [0.05, 0.1) is 5.69 Å². The van der Waals surface area contributed by atoms with Crippen molar-refractivity contribution >= 4 is 50.3 Å². The summed E-state index contributed by atoms with van der Waals surface area (Å²) < 4.78 is 7.75. The summed E-state index contributed by atoms with van der Waals surface area (Å²) in [5, 5.41) is 14.0. The van der Waals surface area contributed by atoms with Gasteiger partial charge in [0.25, 0.3) is 0 Å². The van der Waals surface area contributed by atoms with E-state index in [-0.39, 0.29) is 5.63 Å². The SMILES string of the molecule is O=c1cc(CSc2nnnn2-c2ccc(Cl)cc2)c2ccc(Br)cc2o1. The Balaban J connectivity index is 1.65. The first kappa shape index (κ1) is 17.3. The zero-order valence-corrected chi connectivity index (χ0v) is 16.3. The van der Waals surface area contributed by atoms with Crippen LogP contribution in [0.15, 0.2) is 67.4 Å². The second-order valence-electron chi connectivity index (χ2n) is 5.37. The van der Waals surface area contributed by atoms with Gasteiger partial charge in [-0.1, -0.05) is 39.3 Å². The first-order chi connectivity index (χ1) is 12.6. The number of nitrogens with zero attached hydrogens (tertiary/aromatic N) is 4. The Morgan fingerprint density at radius 3 is 2.77 bits per heavy atom. The Morgan fingerprint density at radius 1 is 1.15 bits per heavy atom. The number of rotatable bonds is 4. The Morgan fingerprint density at radius 2 is 1.96 bits per heavy atom. The van der Waals surface area contributed by atoms with Crippen molar-refractivity contribution in [3.05, 3.63) is 74.0 Å². The zero-order chi connectivity index (χ0) is 18.1. The summed E-state index contributed by atoms with van der Waals surface area (Å²) in [4.78, 5) is 11.8. The van der Waals surface area contributed by atoms with Crippen LogP contribution in [0.1, 0.15) is 5.56 Å². The summed E-state index contributed by atoms with van der Waals surface area (Å²) >= 11 is 10.7. The smallest absolute Gasteiger partial charge is 0.336 e. The highest BCUT2D eigenvalue weighted by Crippen LogP contribution is 2.28. The van der Waals surface area contributed by atoms with Crippen molar-refractivity contribution in [3.63, 3.8) is 0 Å². The van der Waals surface area contributed by atoms with Crippen LogP contribution in [-0.2, 0) is 5.75 Å². The predicted molar refractivity (Wildman–Crippen MR) is 104 cm³/mol. The van der Waals surface area contributed by atoms with E-state index in [1.165, 1.54) is 17.8 Å². The first-order valence-electron chi connectivity index (χ1n) is 7.49. The van der Waals surface area contributed by atoms with Gasteiger partial charge in [-0.05, 0) is 58.5 Å². The summed E-state index contributed by atoms with van der Waals surface area (Å²) in [6.45, 7) is 0. The van der Waals surface area contributed by atoms with Gasteiger partial charge in [0.2, 0.25) is 5.16 Å². The molecule has 0 radical (unpaired) electrons. The molecule has 0 bridgehead atoms. The lowest BCUT2D eigenvalue weighted by atomic mass is 10.1. The van der Waals surface area contributed by atoms with Crippen LogP contribution in [0.3, 0.4) is 0 Å². The van der Waals surface area contributed by atoms with Crippen LogP contribution in [0, 0.1) is 0 Å². The maximum Gasteiger partial charge on any atom is 0.336 e. The summed E-state index contributed by atoms with van der Waals surface area (Å²) in [6, 6.07) is 14.3. The van der Waals surface area contributed by atoms with Gasteiger partial charge in [-0.25, -0.2) is 4.79 Å². The molecule has 0 saturated carbocycles. The zero-order valence-electron chi connectivity index (χ0n) is 13.1. The van der Waals surface area contributed by atoms with Crippen molar-refractivity contribution in [2.45, 2.75) is 10.9 Å². The minimum atomic E-state index is -0.386. The highest BCUT2D eigenvalue weighted by molar-refractivity contribution is 9.10. The van der Waals surface area contributed by atoms with Gasteiger partial charge in [-0.3, -0.25) is 0 Å². The molecule has 2 aromatic heterocycles. The molecule has 26 heavy (non-hydrogen) atoms. The van der Waals surface area contributed by atoms with Crippen LogP contribution in [0.4, 0.5) is 0 Å². The van der Waals surface area contributed by atoms with Crippen molar-refractivity contribution < 1.29 is 4.42 Å². The van der Waals surface area contributed by atoms with E-state index in [4.69, 9.17) is 16.0 Å². The molecule has 0 spiro atoms. The van der Waals surface area contributed by atoms with E-state index in [0.29, 0.717) is 21.5 Å². The quantitative estimate of drug-likeness (QED) is 0.338. The highest BCUT2D eigenvalue weighted by atomic mass is 79.9. The molecular weight excluding hydrogens is 440 g/mol. The summed E-state index contributed by atoms with van der Waals surface area (Å²) in [6.07, 6.45) is 0. The molecule has 130 valence electrons. The van der Waals surface area contributed by atoms with Crippen LogP contribution >= 0.6 is 39.3 Å². The molecule has 2 aromatic carbocycles. The molecule has 0 N–H and O–H groups in total. The molecule has 0 atom stereocenters. The molecule has 0 aliphatic carbocycles. The predicted octanol–water partition coefficient (Wildman–Crippen LogP) is 4.48. The Labute approximate surface area is 165 Å². The van der Waals surface area contributed by atoms with Crippen LogP contribution < -0.4 is 5.63 Å². The van der Waals surface area contributed by atoms with Crippen LogP contribution in [0.2, 0.25) is 5.02 Å². The van der Waals surface area contributed by atoms with Crippen LogP contribution in [0.25, 0.3) is 16.7 Å². The lowest BCUT2D eigenvalue weighted by molar-refractivity contribution is 0.559. The summed E-state index contributed by atoms with van der Waals surface area (Å²) in [5.74, 6) is 0.525. The molecule has 9 heteroatoms. The highest BCUT2D eigenvalue weighted by Gasteiger charge is 2.12. The second kappa shape index (κ2) is 7.22. The normalized spacial score (nSPS) is 11.2. The minimum Gasteiger partial charge on any atom is -0.423 e. The third-order valence-electron chi connectivity index (χ3n) is 3.66. The number of tetrazole rings is 1. The molecule has 0 aliphatic heterocycles. The number of fused-ring (bicyclic) bond motifs is 1. The van der Waals surface area contributed by atoms with E-state index < -0.39 is 0 Å². The van der Waals surface area contributed by atoms with Gasteiger partial charge in [-0.2, -0.15) is 4.68 Å². The monoisotopic (exact) mass is 448 g/mol. The standard InChI is InChI=1S/C17H10BrClN4O2S/c18-11-1-6-14-10(7-16(24)25-15(14)8-11)9-26-17-20-21-22-23(17)13-4-2-12(19)3-5-13/h1-8H,9H2. The largest absolute Gasteiger partial charge is 0.423 e. The van der Waals surface area contributed by atoms with E-state index >= 15 is 0 Å². The molecule has 0 fully saturated rings. The van der Waals surface area contributed by atoms with Gasteiger partial charge in [0.1, 0.15) is 5.58 Å². The number of benzene rings is 2. The average molecular weight is 450 g/mol. The van der Waals surface area contributed by atoms with Crippen molar-refractivity contribution in [1.29, 1.82) is 0 Å². The van der Waals surface area contributed by atoms with E-state index in [2.05, 4.69) is 31.5 Å². The topological polar surface area (TPSA) is 73.8 Å². The van der Waals surface area contributed by atoms with E-state index in [1.54, 1.807) is 22.9 Å². The fourth-order valence-electron chi connectivity index (χ4n) is 2.48. The average Bonchev–Trinajstić information content (AvgIpc) is 3.08. The van der Waals surface area contributed by atoms with E-state index in [9.17, 15) is 4.79 Å². The molecule has 2 heterocycles. The fraction of sp³-hybridized carbons (Fsp3) is 0.0588. The Hall–Kier alpha value is -2.16. The molecule has 4 aromatic rings. The molecule has 4 rings (SSSR count). The molecule has 0 saturated heterocycles. The fourth-order valence-corrected chi connectivity index (χ4v) is 3.83. The third kappa shape index (κ3) is 3.53. The molecule has 6 nitrogen and oxygen atoms in total. The number of hydrogen-bond donors (Lipinski definition) is 0. The van der Waals surface area contributed by atoms with Gasteiger partial charge in [0, 0.05) is 26.7 Å². The first-order valence-corrected chi connectivity index (χ1v) is 9.65. The Kier molecular flexibility index (Phi) is 4.80. The van der Waals surface area contributed by atoms with Gasteiger partial charge >= 0.3 is 5.63 Å². The second-order valence-corrected chi connectivity index (χ2v) is 7.66. The number of aromatic nitrogens is 4. The maximum atomic E-state index is 11.8. The lowest BCUT2D eigenvalue weighted by Crippen LogP contribution is -2.01. The van der Waals surface area contributed by atoms with Gasteiger partial charge in [-0.15, -0.1) is 5.10 Å². The van der Waals surface area contributed by atoms with Crippen LogP contribution in [-0.4, -0.2) is 20.2 Å². The maximum absolute atomic E-state index is 11.8. The summed E-state index contributed by atoms with van der Waals surface area (Å²) in [5.41, 5.74) is 1.82. The van der Waals surface area contributed by atoms with Gasteiger partial charge < -0.3 is 4.42 Å². The van der Waals surface area contributed by atoms with E-state index in [1.807, 2.05) is 24.3 Å². The molecule has 0 amide bonds. The number of hydrogen-bond acceptors (Lipinski definition) is 6. The molecule has 0 unspecified atom stereocenters. The minimum absolute atomic E-state index is 0.386.